The second-order valence-corrected chi connectivity index (χ2v) is 12.5. The van der Waals surface area contributed by atoms with Gasteiger partial charge in [-0.05, 0) is 38.0 Å². The number of carbonyl (C=O) groups excluding carboxylic acids is 5. The molecule has 0 aromatic rings. The first-order valence-electron chi connectivity index (χ1n) is 17.4. The minimum atomic E-state index is -1.53. The van der Waals surface area contributed by atoms with Gasteiger partial charge < -0.3 is 53.0 Å². The number of carbonyl (C=O) groups is 8. The first-order valence-corrected chi connectivity index (χ1v) is 17.4. The van der Waals surface area contributed by atoms with E-state index in [1.165, 1.54) is 6.42 Å². The molecule has 18 heteroatoms. The van der Waals surface area contributed by atoms with Crippen molar-refractivity contribution in [1.82, 2.24) is 31.9 Å². The molecule has 0 spiro atoms. The molecule has 6 amide bonds. The van der Waals surface area contributed by atoms with Crippen molar-refractivity contribution in [2.24, 2.45) is 11.7 Å². The van der Waals surface area contributed by atoms with Gasteiger partial charge in [0.05, 0.1) is 6.54 Å². The van der Waals surface area contributed by atoms with Crippen LogP contribution in [-0.4, -0.2) is 107 Å². The maximum absolute atomic E-state index is 12.9. The molecular formula is C32H55N7O11. The number of carboxylic acids is 3. The lowest BCUT2D eigenvalue weighted by Crippen LogP contribution is -2.51. The van der Waals surface area contributed by atoms with Crippen LogP contribution < -0.4 is 37.6 Å². The second-order valence-electron chi connectivity index (χ2n) is 12.5. The third-order valence-corrected chi connectivity index (χ3v) is 8.25. The number of urea groups is 1. The molecule has 0 heterocycles. The van der Waals surface area contributed by atoms with Gasteiger partial charge in [-0.2, -0.15) is 0 Å². The summed E-state index contributed by atoms with van der Waals surface area (Å²) in [6.07, 6.45) is 8.36. The standard InChI is InChI=1S/C32H55N7O11/c33-16-18-35-27(42)20-36-29(45)24(19-21-9-5-4-6-10-21)37-26(41)11-7-2-1-3-8-17-34-25(40)14-12-22(30(46)47)38-32(50)39-23(31(48)49)13-15-28(43)44/h21-24H,1-20,33H2,(H,34,40)(H,35,42)(H,36,45)(H,37,41)(H,43,44)(H,46,47)(H,48,49)(H2,38,39,50)/t22?,23?,24-/m0/s1. The predicted octanol–water partition coefficient (Wildman–Crippen LogP) is -0.0599. The van der Waals surface area contributed by atoms with Crippen LogP contribution in [0.15, 0.2) is 0 Å². The van der Waals surface area contributed by atoms with E-state index in [1.807, 2.05) is 5.32 Å². The molecule has 1 aliphatic carbocycles. The predicted molar refractivity (Wildman–Crippen MR) is 180 cm³/mol. The number of unbranched alkanes of at least 4 members (excludes halogenated alkanes) is 4. The van der Waals surface area contributed by atoms with Crippen LogP contribution in [0.1, 0.15) is 103 Å². The summed E-state index contributed by atoms with van der Waals surface area (Å²) in [4.78, 5) is 95.1. The third kappa shape index (κ3) is 20.8. The lowest BCUT2D eigenvalue weighted by molar-refractivity contribution is -0.141. The average Bonchev–Trinajstić information content (AvgIpc) is 3.07. The van der Waals surface area contributed by atoms with Crippen LogP contribution in [0.3, 0.4) is 0 Å². The van der Waals surface area contributed by atoms with E-state index in [-0.39, 0.29) is 50.1 Å². The summed E-state index contributed by atoms with van der Waals surface area (Å²) in [6, 6.07) is -4.83. The Hall–Kier alpha value is -4.48. The Labute approximate surface area is 291 Å². The molecule has 1 aliphatic rings. The Bertz CT molecular complexity index is 1130. The van der Waals surface area contributed by atoms with Crippen molar-refractivity contribution < 1.29 is 53.7 Å². The molecule has 0 radical (unpaired) electrons. The van der Waals surface area contributed by atoms with E-state index in [9.17, 15) is 43.5 Å². The number of nitrogens with two attached hydrogens (primary N) is 1. The molecular weight excluding hydrogens is 658 g/mol. The van der Waals surface area contributed by atoms with Crippen molar-refractivity contribution in [3.8, 4) is 0 Å². The minimum absolute atomic E-state index is 0.190. The maximum Gasteiger partial charge on any atom is 0.326 e. The highest BCUT2D eigenvalue weighted by Crippen LogP contribution is 2.27. The van der Waals surface area contributed by atoms with Gasteiger partial charge in [0.15, 0.2) is 0 Å². The molecule has 0 saturated heterocycles. The van der Waals surface area contributed by atoms with E-state index in [1.54, 1.807) is 0 Å². The zero-order valence-corrected chi connectivity index (χ0v) is 28.6. The van der Waals surface area contributed by atoms with Gasteiger partial charge in [0.2, 0.25) is 23.6 Å². The Kier molecular flexibility index (Phi) is 22.2. The number of nitrogens with one attached hydrogen (secondary N) is 6. The average molecular weight is 714 g/mol. The fourth-order valence-electron chi connectivity index (χ4n) is 5.49. The van der Waals surface area contributed by atoms with E-state index >= 15 is 0 Å². The number of aliphatic carboxylic acids is 3. The van der Waals surface area contributed by atoms with Gasteiger partial charge >= 0.3 is 23.9 Å². The highest BCUT2D eigenvalue weighted by atomic mass is 16.4. The van der Waals surface area contributed by atoms with Crippen molar-refractivity contribution >= 4 is 47.6 Å². The molecule has 1 fully saturated rings. The molecule has 0 bridgehead atoms. The zero-order valence-electron chi connectivity index (χ0n) is 28.6. The van der Waals surface area contributed by atoms with Gasteiger partial charge in [-0.1, -0.05) is 51.4 Å². The van der Waals surface area contributed by atoms with Crippen molar-refractivity contribution in [3.63, 3.8) is 0 Å². The summed E-state index contributed by atoms with van der Waals surface area (Å²) >= 11 is 0. The fraction of sp³-hybridized carbons (Fsp3) is 0.750. The van der Waals surface area contributed by atoms with E-state index in [0.717, 1.165) is 44.9 Å². The van der Waals surface area contributed by atoms with Gasteiger partial charge in [-0.25, -0.2) is 14.4 Å². The SMILES string of the molecule is NCCNC(=O)CNC(=O)[C@H](CC1CCCCC1)NC(=O)CCCCCCCNC(=O)CCC(NC(=O)NC(CCC(=O)O)C(=O)O)C(=O)O. The lowest BCUT2D eigenvalue weighted by Gasteiger charge is -2.26. The molecule has 3 atom stereocenters. The van der Waals surface area contributed by atoms with Crippen LogP contribution in [0, 0.1) is 5.92 Å². The molecule has 284 valence electrons. The summed E-state index contributed by atoms with van der Waals surface area (Å²) in [5, 5.41) is 42.1. The lowest BCUT2D eigenvalue weighted by atomic mass is 9.84. The van der Waals surface area contributed by atoms with Crippen LogP contribution in [0.5, 0.6) is 0 Å². The number of hydrogen-bond donors (Lipinski definition) is 10. The number of hydrogen-bond acceptors (Lipinski definition) is 9. The largest absolute Gasteiger partial charge is 0.481 e. The van der Waals surface area contributed by atoms with Crippen molar-refractivity contribution in [2.75, 3.05) is 26.2 Å². The zero-order chi connectivity index (χ0) is 37.3. The molecule has 1 rings (SSSR count). The normalized spacial score (nSPS) is 14.7. The summed E-state index contributed by atoms with van der Waals surface area (Å²) < 4.78 is 0. The van der Waals surface area contributed by atoms with E-state index in [4.69, 9.17) is 15.9 Å². The molecule has 0 aliphatic heterocycles. The van der Waals surface area contributed by atoms with Crippen LogP contribution in [-0.2, 0) is 33.6 Å². The summed E-state index contributed by atoms with van der Waals surface area (Å²) in [7, 11) is 0. The minimum Gasteiger partial charge on any atom is -0.481 e. The first kappa shape index (κ1) is 43.5. The molecule has 2 unspecified atom stereocenters. The Balaban J connectivity index is 2.32. The maximum atomic E-state index is 12.9. The first-order chi connectivity index (χ1) is 23.8. The van der Waals surface area contributed by atoms with Crippen molar-refractivity contribution in [3.05, 3.63) is 0 Å². The second kappa shape index (κ2) is 25.5. The van der Waals surface area contributed by atoms with Gasteiger partial charge in [0.1, 0.15) is 18.1 Å². The van der Waals surface area contributed by atoms with Crippen LogP contribution >= 0.6 is 0 Å². The highest BCUT2D eigenvalue weighted by molar-refractivity contribution is 5.90. The number of rotatable bonds is 26. The summed E-state index contributed by atoms with van der Waals surface area (Å²) in [5.41, 5.74) is 5.38. The van der Waals surface area contributed by atoms with E-state index in [2.05, 4.69) is 26.6 Å². The summed E-state index contributed by atoms with van der Waals surface area (Å²) in [6.45, 7) is 0.752. The molecule has 50 heavy (non-hydrogen) atoms. The Morgan fingerprint density at radius 2 is 1.18 bits per heavy atom. The van der Waals surface area contributed by atoms with Crippen molar-refractivity contribution in [1.29, 1.82) is 0 Å². The van der Waals surface area contributed by atoms with Gasteiger partial charge in [0, 0.05) is 38.9 Å². The van der Waals surface area contributed by atoms with E-state index < -0.39 is 60.8 Å². The van der Waals surface area contributed by atoms with Crippen molar-refractivity contribution in [2.45, 2.75) is 121 Å². The molecule has 11 N–H and O–H groups in total. The molecule has 1 saturated carbocycles. The fourth-order valence-corrected chi connectivity index (χ4v) is 5.49. The number of carboxylic acid groups (broad SMARTS) is 3. The molecule has 18 nitrogen and oxygen atoms in total. The van der Waals surface area contributed by atoms with Crippen LogP contribution in [0.4, 0.5) is 4.79 Å². The van der Waals surface area contributed by atoms with Gasteiger partial charge in [-0.15, -0.1) is 0 Å². The Morgan fingerprint density at radius 3 is 1.78 bits per heavy atom. The Morgan fingerprint density at radius 1 is 0.600 bits per heavy atom. The third-order valence-electron chi connectivity index (χ3n) is 8.25. The quantitative estimate of drug-likeness (QED) is 0.0528. The smallest absolute Gasteiger partial charge is 0.326 e. The van der Waals surface area contributed by atoms with Crippen LogP contribution in [0.25, 0.3) is 0 Å². The monoisotopic (exact) mass is 713 g/mol. The summed E-state index contributed by atoms with van der Waals surface area (Å²) in [5.74, 6) is -5.20. The van der Waals surface area contributed by atoms with Gasteiger partial charge in [0.25, 0.3) is 0 Å². The molecule has 0 aromatic carbocycles. The topological polar surface area (TPSA) is 295 Å². The van der Waals surface area contributed by atoms with Gasteiger partial charge in [-0.3, -0.25) is 24.0 Å². The van der Waals surface area contributed by atoms with Crippen LogP contribution in [0.2, 0.25) is 0 Å². The number of amides is 6. The van der Waals surface area contributed by atoms with E-state index in [0.29, 0.717) is 38.3 Å². The highest BCUT2D eigenvalue weighted by Gasteiger charge is 2.27. The molecule has 0 aromatic heterocycles.